The Hall–Kier alpha value is -1.95. The van der Waals surface area contributed by atoms with Crippen LogP contribution in [0.5, 0.6) is 0 Å². The molecule has 1 amide bonds. The molecule has 21 heavy (non-hydrogen) atoms. The number of carbonyl (C=O) groups excluding carboxylic acids is 1. The van der Waals surface area contributed by atoms with Crippen molar-refractivity contribution in [2.45, 2.75) is 44.7 Å². The highest BCUT2D eigenvalue weighted by Gasteiger charge is 2.29. The molecule has 0 spiro atoms. The predicted molar refractivity (Wildman–Crippen MR) is 77.0 cm³/mol. The van der Waals surface area contributed by atoms with Crippen molar-refractivity contribution in [3.63, 3.8) is 0 Å². The minimum atomic E-state index is -0.0459. The van der Waals surface area contributed by atoms with E-state index in [-0.39, 0.29) is 11.9 Å². The summed E-state index contributed by atoms with van der Waals surface area (Å²) in [4.78, 5) is 16.9. The van der Waals surface area contributed by atoms with Crippen LogP contribution in [0.4, 0.5) is 0 Å². The molecule has 1 saturated heterocycles. The van der Waals surface area contributed by atoms with Crippen molar-refractivity contribution < 1.29 is 9.32 Å². The third-order valence-corrected chi connectivity index (χ3v) is 4.15. The Balaban J connectivity index is 1.82. The summed E-state index contributed by atoms with van der Waals surface area (Å²) in [6.45, 7) is 2.84. The fraction of sp³-hybridized carbons (Fsp3) is 0.533. The smallest absolute Gasteiger partial charge is 0.259 e. The quantitative estimate of drug-likeness (QED) is 0.900. The van der Waals surface area contributed by atoms with Crippen LogP contribution in [0.25, 0.3) is 11.1 Å². The van der Waals surface area contributed by atoms with Gasteiger partial charge in [0.05, 0.1) is 17.0 Å². The van der Waals surface area contributed by atoms with E-state index >= 15 is 0 Å². The molecule has 2 fully saturated rings. The van der Waals surface area contributed by atoms with Gasteiger partial charge in [-0.1, -0.05) is 5.16 Å². The summed E-state index contributed by atoms with van der Waals surface area (Å²) in [5, 5.41) is 11.4. The molecule has 2 aromatic rings. The van der Waals surface area contributed by atoms with Crippen LogP contribution in [0.1, 0.15) is 53.5 Å². The van der Waals surface area contributed by atoms with Crippen molar-refractivity contribution in [1.82, 2.24) is 20.8 Å². The van der Waals surface area contributed by atoms with E-state index in [2.05, 4.69) is 20.8 Å². The highest BCUT2D eigenvalue weighted by Crippen LogP contribution is 2.31. The number of aromatic nitrogens is 2. The summed E-state index contributed by atoms with van der Waals surface area (Å²) >= 11 is 0. The first-order valence-corrected chi connectivity index (χ1v) is 7.53. The van der Waals surface area contributed by atoms with Gasteiger partial charge < -0.3 is 15.2 Å². The molecular formula is C15H18N4O2. The van der Waals surface area contributed by atoms with Gasteiger partial charge in [0.15, 0.2) is 0 Å². The number of nitrogens with zero attached hydrogens (tertiary/aromatic N) is 2. The van der Waals surface area contributed by atoms with Crippen LogP contribution in [0.2, 0.25) is 0 Å². The van der Waals surface area contributed by atoms with E-state index in [1.165, 1.54) is 0 Å². The lowest BCUT2D eigenvalue weighted by Crippen LogP contribution is -2.26. The number of aryl methyl sites for hydroxylation is 1. The van der Waals surface area contributed by atoms with Crippen molar-refractivity contribution in [2.75, 3.05) is 6.54 Å². The van der Waals surface area contributed by atoms with Gasteiger partial charge in [-0.2, -0.15) is 0 Å². The van der Waals surface area contributed by atoms with Gasteiger partial charge in [0.1, 0.15) is 5.69 Å². The zero-order valence-corrected chi connectivity index (χ0v) is 12.0. The summed E-state index contributed by atoms with van der Waals surface area (Å²) in [6.07, 6.45) is 4.26. The monoisotopic (exact) mass is 286 g/mol. The molecule has 1 saturated carbocycles. The van der Waals surface area contributed by atoms with Gasteiger partial charge >= 0.3 is 0 Å². The van der Waals surface area contributed by atoms with Crippen LogP contribution in [0, 0.1) is 6.92 Å². The third kappa shape index (κ3) is 2.29. The van der Waals surface area contributed by atoms with Crippen LogP contribution in [0.3, 0.4) is 0 Å². The van der Waals surface area contributed by atoms with Gasteiger partial charge in [0, 0.05) is 11.7 Å². The topological polar surface area (TPSA) is 80.0 Å². The molecule has 6 nitrogen and oxygen atoms in total. The SMILES string of the molecule is Cc1cc(C(=O)NC2CC2)c2c(C3CCCN3)noc2n1. The zero-order valence-electron chi connectivity index (χ0n) is 12.0. The molecular weight excluding hydrogens is 268 g/mol. The molecule has 1 unspecified atom stereocenters. The Kier molecular flexibility index (Phi) is 2.92. The average Bonchev–Trinajstić information content (AvgIpc) is 2.97. The minimum absolute atomic E-state index is 0.0459. The van der Waals surface area contributed by atoms with Crippen molar-refractivity contribution in [3.8, 4) is 0 Å². The first-order valence-electron chi connectivity index (χ1n) is 7.53. The minimum Gasteiger partial charge on any atom is -0.349 e. The number of rotatable bonds is 3. The van der Waals surface area contributed by atoms with Crippen molar-refractivity contribution >= 4 is 17.0 Å². The Bertz CT molecular complexity index is 699. The summed E-state index contributed by atoms with van der Waals surface area (Å²) in [6, 6.07) is 2.31. The maximum atomic E-state index is 12.5. The van der Waals surface area contributed by atoms with E-state index in [1.807, 2.05) is 13.0 Å². The van der Waals surface area contributed by atoms with Gasteiger partial charge in [-0.3, -0.25) is 4.79 Å². The van der Waals surface area contributed by atoms with Crippen molar-refractivity contribution in [2.24, 2.45) is 0 Å². The number of nitrogens with one attached hydrogen (secondary N) is 2. The fourth-order valence-electron chi connectivity index (χ4n) is 2.92. The lowest BCUT2D eigenvalue weighted by atomic mass is 10.0. The number of hydrogen-bond donors (Lipinski definition) is 2. The Morgan fingerprint density at radius 1 is 1.43 bits per heavy atom. The molecule has 0 bridgehead atoms. The maximum absolute atomic E-state index is 12.5. The largest absolute Gasteiger partial charge is 0.349 e. The van der Waals surface area contributed by atoms with E-state index in [0.29, 0.717) is 17.3 Å². The Morgan fingerprint density at radius 3 is 3.00 bits per heavy atom. The number of carbonyl (C=O) groups is 1. The maximum Gasteiger partial charge on any atom is 0.259 e. The number of fused-ring (bicyclic) bond motifs is 1. The van der Waals surface area contributed by atoms with Crippen molar-refractivity contribution in [1.29, 1.82) is 0 Å². The fourth-order valence-corrected chi connectivity index (χ4v) is 2.92. The van der Waals surface area contributed by atoms with Gasteiger partial charge in [-0.15, -0.1) is 0 Å². The number of pyridine rings is 1. The van der Waals surface area contributed by atoms with Crippen molar-refractivity contribution in [3.05, 3.63) is 23.0 Å². The van der Waals surface area contributed by atoms with Gasteiger partial charge in [-0.25, -0.2) is 4.98 Å². The summed E-state index contributed by atoms with van der Waals surface area (Å²) in [5.74, 6) is -0.0459. The molecule has 1 atom stereocenters. The highest BCUT2D eigenvalue weighted by atomic mass is 16.5. The summed E-state index contributed by atoms with van der Waals surface area (Å²) < 4.78 is 5.37. The van der Waals surface area contributed by atoms with Gasteiger partial charge in [0.25, 0.3) is 11.6 Å². The molecule has 4 rings (SSSR count). The molecule has 0 radical (unpaired) electrons. The molecule has 2 N–H and O–H groups in total. The lowest BCUT2D eigenvalue weighted by Gasteiger charge is -2.09. The molecule has 0 aromatic carbocycles. The van der Waals surface area contributed by atoms with Crippen LogP contribution >= 0.6 is 0 Å². The second-order valence-corrected chi connectivity index (χ2v) is 5.96. The second kappa shape index (κ2) is 4.80. The van der Waals surface area contributed by atoms with Crippen LogP contribution in [-0.2, 0) is 0 Å². The first-order chi connectivity index (χ1) is 10.2. The lowest BCUT2D eigenvalue weighted by molar-refractivity contribution is 0.0952. The highest BCUT2D eigenvalue weighted by molar-refractivity contribution is 6.06. The second-order valence-electron chi connectivity index (χ2n) is 5.96. The van der Waals surface area contributed by atoms with Gasteiger partial charge in [-0.05, 0) is 45.2 Å². The van der Waals surface area contributed by atoms with E-state index in [4.69, 9.17) is 4.52 Å². The molecule has 1 aliphatic heterocycles. The molecule has 2 aromatic heterocycles. The first kappa shape index (κ1) is 12.8. The average molecular weight is 286 g/mol. The van der Waals surface area contributed by atoms with E-state index in [0.717, 1.165) is 49.0 Å². The Morgan fingerprint density at radius 2 is 2.29 bits per heavy atom. The molecule has 110 valence electrons. The van der Waals surface area contributed by atoms with E-state index in [1.54, 1.807) is 0 Å². The molecule has 2 aliphatic rings. The number of hydrogen-bond acceptors (Lipinski definition) is 5. The normalized spacial score (nSPS) is 21.9. The zero-order chi connectivity index (χ0) is 14.4. The molecule has 6 heteroatoms. The van der Waals surface area contributed by atoms with Gasteiger partial charge in [0.2, 0.25) is 0 Å². The van der Waals surface area contributed by atoms with Crippen LogP contribution < -0.4 is 10.6 Å². The summed E-state index contributed by atoms with van der Waals surface area (Å²) in [7, 11) is 0. The van der Waals surface area contributed by atoms with Crippen LogP contribution in [-0.4, -0.2) is 28.6 Å². The van der Waals surface area contributed by atoms with E-state index in [9.17, 15) is 4.79 Å². The number of amides is 1. The van der Waals surface area contributed by atoms with Crippen LogP contribution in [0.15, 0.2) is 10.6 Å². The standard InChI is InChI=1S/C15H18N4O2/c1-8-7-10(14(20)18-9-4-5-9)12-13(11-3-2-6-16-11)19-21-15(12)17-8/h7,9,11,16H,2-6H2,1H3,(H,18,20). The van der Waals surface area contributed by atoms with E-state index < -0.39 is 0 Å². The Labute approximate surface area is 122 Å². The molecule has 1 aliphatic carbocycles. The predicted octanol–water partition coefficient (Wildman–Crippen LogP) is 1.85. The third-order valence-electron chi connectivity index (χ3n) is 4.15. The summed E-state index contributed by atoms with van der Waals surface area (Å²) in [5.41, 5.74) is 2.68. The molecule has 3 heterocycles.